The average Bonchev–Trinajstić information content (AvgIpc) is 3.64. The second-order valence-electron chi connectivity index (χ2n) is 10.4. The molecule has 3 aromatic rings. The first-order valence-corrected chi connectivity index (χ1v) is 13.0. The van der Waals surface area contributed by atoms with Crippen molar-refractivity contribution >= 4 is 11.6 Å². The first kappa shape index (κ1) is 22.4. The number of aromatic nitrogens is 2. The van der Waals surface area contributed by atoms with Crippen LogP contribution in [0.3, 0.4) is 0 Å². The first-order chi connectivity index (χ1) is 17.1. The molecule has 0 unspecified atom stereocenters. The summed E-state index contributed by atoms with van der Waals surface area (Å²) in [5, 5.41) is 4.29. The van der Waals surface area contributed by atoms with Crippen LogP contribution in [-0.2, 0) is 31.2 Å². The van der Waals surface area contributed by atoms with Crippen molar-refractivity contribution in [1.82, 2.24) is 19.6 Å². The van der Waals surface area contributed by atoms with E-state index in [-0.39, 0.29) is 5.92 Å². The molecule has 6 nitrogen and oxygen atoms in total. The van der Waals surface area contributed by atoms with Crippen LogP contribution in [0.5, 0.6) is 0 Å². The Hall–Kier alpha value is -3.12. The maximum absolute atomic E-state index is 13.2. The molecule has 2 aliphatic heterocycles. The van der Waals surface area contributed by atoms with Crippen molar-refractivity contribution in [3.63, 3.8) is 0 Å². The van der Waals surface area contributed by atoms with Crippen LogP contribution in [0.15, 0.2) is 60.9 Å². The minimum atomic E-state index is 0.178. The number of nitrogens with zero attached hydrogens (tertiary/aromatic N) is 5. The molecular weight excluding hydrogens is 434 g/mol. The fourth-order valence-corrected chi connectivity index (χ4v) is 5.88. The Bertz CT molecular complexity index is 1180. The summed E-state index contributed by atoms with van der Waals surface area (Å²) in [4.78, 5) is 20.4. The molecule has 6 heteroatoms. The number of fused-ring (bicyclic) bond motifs is 1. The largest absolute Gasteiger partial charge is 0.369 e. The minimum Gasteiger partial charge on any atom is -0.369 e. The molecule has 1 aromatic heterocycles. The van der Waals surface area contributed by atoms with Gasteiger partial charge in [0, 0.05) is 76.2 Å². The molecule has 1 saturated heterocycles. The first-order valence-electron chi connectivity index (χ1n) is 13.0. The van der Waals surface area contributed by atoms with Crippen molar-refractivity contribution in [1.29, 1.82) is 0 Å². The third-order valence-electron chi connectivity index (χ3n) is 8.04. The van der Waals surface area contributed by atoms with Crippen LogP contribution in [-0.4, -0.2) is 64.8 Å². The van der Waals surface area contributed by atoms with Crippen LogP contribution in [0.1, 0.15) is 34.6 Å². The van der Waals surface area contributed by atoms with E-state index in [0.29, 0.717) is 11.8 Å². The van der Waals surface area contributed by atoms with Crippen molar-refractivity contribution in [2.24, 2.45) is 13.0 Å². The van der Waals surface area contributed by atoms with Gasteiger partial charge in [-0.05, 0) is 54.0 Å². The van der Waals surface area contributed by atoms with Crippen LogP contribution >= 0.6 is 0 Å². The summed E-state index contributed by atoms with van der Waals surface area (Å²) in [5.74, 6) is 0.950. The number of aryl methyl sites for hydroxylation is 1. The van der Waals surface area contributed by atoms with Crippen molar-refractivity contribution in [3.05, 3.63) is 83.2 Å². The van der Waals surface area contributed by atoms with Crippen LogP contribution in [0.25, 0.3) is 0 Å². The molecule has 3 aliphatic rings. The highest BCUT2D eigenvalue weighted by Crippen LogP contribution is 2.48. The molecule has 6 rings (SSSR count). The highest BCUT2D eigenvalue weighted by atomic mass is 16.2. The van der Waals surface area contributed by atoms with Gasteiger partial charge in [-0.15, -0.1) is 0 Å². The van der Waals surface area contributed by atoms with Crippen LogP contribution in [0.4, 0.5) is 5.69 Å². The second-order valence-corrected chi connectivity index (χ2v) is 10.4. The summed E-state index contributed by atoms with van der Waals surface area (Å²) in [7, 11) is 1.97. The lowest BCUT2D eigenvalue weighted by Gasteiger charge is -2.36. The number of hydrogen-bond acceptors (Lipinski definition) is 4. The van der Waals surface area contributed by atoms with Crippen LogP contribution in [0, 0.1) is 5.92 Å². The van der Waals surface area contributed by atoms with Gasteiger partial charge >= 0.3 is 0 Å². The van der Waals surface area contributed by atoms with Gasteiger partial charge < -0.3 is 9.80 Å². The molecule has 2 aromatic carbocycles. The smallest absolute Gasteiger partial charge is 0.226 e. The maximum Gasteiger partial charge on any atom is 0.226 e. The van der Waals surface area contributed by atoms with E-state index in [1.54, 1.807) is 0 Å². The fourth-order valence-electron chi connectivity index (χ4n) is 5.88. The third-order valence-corrected chi connectivity index (χ3v) is 8.04. The number of amides is 1. The lowest BCUT2D eigenvalue weighted by molar-refractivity contribution is -0.132. The lowest BCUT2D eigenvalue weighted by Crippen LogP contribution is -2.46. The standard InChI is InChI=1S/C29H35N5O/c1-31-20-22(19-30-31)21-32-13-15-33(16-14-32)26-8-7-23-9-11-34(12-10-25(23)17-26)29(35)28-18-27(28)24-5-3-2-4-6-24/h2-8,17,19-20,27-28H,9-16,18,21H2,1H3/t27-,28+/m1/s1. The Morgan fingerprint density at radius 2 is 1.71 bits per heavy atom. The Morgan fingerprint density at radius 1 is 0.943 bits per heavy atom. The molecule has 2 atom stereocenters. The molecule has 0 bridgehead atoms. The van der Waals surface area contributed by atoms with Crippen molar-refractivity contribution in [2.45, 2.75) is 31.7 Å². The number of carbonyl (C=O) groups is 1. The van der Waals surface area contributed by atoms with E-state index in [4.69, 9.17) is 0 Å². The summed E-state index contributed by atoms with van der Waals surface area (Å²) in [6.45, 7) is 6.89. The zero-order chi connectivity index (χ0) is 23.8. The number of benzene rings is 2. The van der Waals surface area contributed by atoms with E-state index in [0.717, 1.165) is 65.1 Å². The normalized spacial score (nSPS) is 22.5. The molecular formula is C29H35N5O. The number of carbonyl (C=O) groups excluding carboxylic acids is 1. The highest BCUT2D eigenvalue weighted by Gasteiger charge is 2.45. The molecule has 3 heterocycles. The van der Waals surface area contributed by atoms with E-state index < -0.39 is 0 Å². The molecule has 2 fully saturated rings. The monoisotopic (exact) mass is 469 g/mol. The summed E-state index contributed by atoms with van der Waals surface area (Å²) in [5.41, 5.74) is 6.76. The van der Waals surface area contributed by atoms with E-state index in [2.05, 4.69) is 68.5 Å². The van der Waals surface area contributed by atoms with Gasteiger partial charge in [0.25, 0.3) is 0 Å². The number of piperazine rings is 1. The zero-order valence-corrected chi connectivity index (χ0v) is 20.6. The third kappa shape index (κ3) is 4.85. The maximum atomic E-state index is 13.2. The summed E-state index contributed by atoms with van der Waals surface area (Å²) in [6, 6.07) is 17.5. The van der Waals surface area contributed by atoms with E-state index >= 15 is 0 Å². The molecule has 1 saturated carbocycles. The second kappa shape index (κ2) is 9.50. The van der Waals surface area contributed by atoms with E-state index in [1.807, 2.05) is 24.0 Å². The fraction of sp³-hybridized carbons (Fsp3) is 0.448. The Kier molecular flexibility index (Phi) is 6.06. The zero-order valence-electron chi connectivity index (χ0n) is 20.6. The molecule has 35 heavy (non-hydrogen) atoms. The van der Waals surface area contributed by atoms with Gasteiger partial charge in [-0.3, -0.25) is 14.4 Å². The lowest BCUT2D eigenvalue weighted by atomic mass is 10.0. The van der Waals surface area contributed by atoms with Gasteiger partial charge in [0.05, 0.1) is 6.20 Å². The Balaban J connectivity index is 1.04. The van der Waals surface area contributed by atoms with E-state index in [1.165, 1.54) is 27.9 Å². The SMILES string of the molecule is Cn1cc(CN2CCN(c3ccc4c(c3)CCN(C(=O)[C@H]3C[C@@H]3c3ccccc3)CC4)CC2)cn1. The van der Waals surface area contributed by atoms with Crippen LogP contribution in [0.2, 0.25) is 0 Å². The minimum absolute atomic E-state index is 0.178. The topological polar surface area (TPSA) is 44.6 Å². The predicted octanol–water partition coefficient (Wildman–Crippen LogP) is 3.47. The number of rotatable bonds is 5. The summed E-state index contributed by atoms with van der Waals surface area (Å²) in [6.07, 6.45) is 7.00. The molecule has 1 amide bonds. The van der Waals surface area contributed by atoms with E-state index in [9.17, 15) is 4.79 Å². The van der Waals surface area contributed by atoms with Crippen LogP contribution < -0.4 is 4.90 Å². The highest BCUT2D eigenvalue weighted by molar-refractivity contribution is 5.83. The molecule has 0 radical (unpaired) electrons. The van der Waals surface area contributed by atoms with Gasteiger partial charge in [0.15, 0.2) is 0 Å². The van der Waals surface area contributed by atoms with Gasteiger partial charge in [0.2, 0.25) is 5.91 Å². The van der Waals surface area contributed by atoms with Gasteiger partial charge in [-0.25, -0.2) is 0 Å². The molecule has 0 spiro atoms. The summed E-state index contributed by atoms with van der Waals surface area (Å²) < 4.78 is 1.88. The van der Waals surface area contributed by atoms with Crippen molar-refractivity contribution < 1.29 is 4.79 Å². The predicted molar refractivity (Wildman–Crippen MR) is 138 cm³/mol. The van der Waals surface area contributed by atoms with Crippen molar-refractivity contribution in [3.8, 4) is 0 Å². The number of anilines is 1. The number of hydrogen-bond donors (Lipinski definition) is 0. The molecule has 0 N–H and O–H groups in total. The van der Waals surface area contributed by atoms with Crippen molar-refractivity contribution in [2.75, 3.05) is 44.2 Å². The van der Waals surface area contributed by atoms with Gasteiger partial charge in [-0.2, -0.15) is 5.10 Å². The van der Waals surface area contributed by atoms with Gasteiger partial charge in [0.1, 0.15) is 0 Å². The Morgan fingerprint density at radius 3 is 2.46 bits per heavy atom. The van der Waals surface area contributed by atoms with Gasteiger partial charge in [-0.1, -0.05) is 36.4 Å². The quantitative estimate of drug-likeness (QED) is 0.574. The Labute approximate surface area is 208 Å². The average molecular weight is 470 g/mol. The molecule has 182 valence electrons. The molecule has 1 aliphatic carbocycles. The summed E-state index contributed by atoms with van der Waals surface area (Å²) >= 11 is 0.